The topological polar surface area (TPSA) is 98.0 Å². The van der Waals surface area contributed by atoms with Crippen molar-refractivity contribution >= 4 is 39.9 Å². The number of hydrogen-bond donors (Lipinski definition) is 1. The first-order valence-corrected chi connectivity index (χ1v) is 10.9. The number of nitrogens with zero attached hydrogens (tertiary/aromatic N) is 6. The number of amides is 1. The molecule has 0 fully saturated rings. The van der Waals surface area contributed by atoms with Crippen LogP contribution in [0.5, 0.6) is 0 Å². The van der Waals surface area contributed by atoms with E-state index in [1.54, 1.807) is 16.3 Å². The number of thioether (sulfide) groups is 1. The van der Waals surface area contributed by atoms with Crippen LogP contribution < -0.4 is 5.32 Å². The number of carbonyl (C=O) groups is 1. The van der Waals surface area contributed by atoms with Gasteiger partial charge in [0.15, 0.2) is 4.34 Å². The Morgan fingerprint density at radius 2 is 2.03 bits per heavy atom. The molecule has 1 aromatic carbocycles. The monoisotopic (exact) mass is 425 g/mol. The van der Waals surface area contributed by atoms with E-state index in [-0.39, 0.29) is 5.91 Å². The number of carbonyl (C=O) groups excluding carboxylic acids is 1. The van der Waals surface area contributed by atoms with Crippen LogP contribution in [0.3, 0.4) is 0 Å². The summed E-state index contributed by atoms with van der Waals surface area (Å²) in [6.07, 6.45) is 2.38. The average Bonchev–Trinajstić information content (AvgIpc) is 3.36. The van der Waals surface area contributed by atoms with Crippen LogP contribution in [0.2, 0.25) is 0 Å². The minimum Gasteiger partial charge on any atom is -0.300 e. The number of aryl methyl sites for hydroxylation is 2. The molecule has 3 heterocycles. The highest BCUT2D eigenvalue weighted by atomic mass is 32.2. The highest BCUT2D eigenvalue weighted by molar-refractivity contribution is 8.00. The Labute approximate surface area is 175 Å². The van der Waals surface area contributed by atoms with Crippen LogP contribution >= 0.6 is 23.1 Å². The lowest BCUT2D eigenvalue weighted by molar-refractivity contribution is -0.116. The molecule has 3 aromatic heterocycles. The zero-order chi connectivity index (χ0) is 20.2. The van der Waals surface area contributed by atoms with Crippen molar-refractivity contribution in [3.05, 3.63) is 59.2 Å². The van der Waals surface area contributed by atoms with Crippen molar-refractivity contribution in [2.45, 2.75) is 36.8 Å². The molecule has 0 aliphatic heterocycles. The van der Waals surface area contributed by atoms with E-state index in [0.717, 1.165) is 27.0 Å². The van der Waals surface area contributed by atoms with Gasteiger partial charge in [0, 0.05) is 23.6 Å². The van der Waals surface area contributed by atoms with Gasteiger partial charge in [-0.2, -0.15) is 10.1 Å². The summed E-state index contributed by atoms with van der Waals surface area (Å²) in [7, 11) is 0. The van der Waals surface area contributed by atoms with E-state index in [1.165, 1.54) is 23.2 Å². The van der Waals surface area contributed by atoms with Gasteiger partial charge in [-0.1, -0.05) is 53.4 Å². The summed E-state index contributed by atoms with van der Waals surface area (Å²) in [6.45, 7) is 3.89. The van der Waals surface area contributed by atoms with Crippen molar-refractivity contribution in [3.63, 3.8) is 0 Å². The van der Waals surface area contributed by atoms with Gasteiger partial charge in [0.25, 0.3) is 5.78 Å². The molecule has 4 rings (SSSR count). The Hall–Kier alpha value is -2.85. The molecular formula is C19H19N7OS2. The number of fused-ring (bicyclic) bond motifs is 1. The minimum absolute atomic E-state index is 0.0988. The Morgan fingerprint density at radius 3 is 2.86 bits per heavy atom. The van der Waals surface area contributed by atoms with Crippen LogP contribution in [-0.2, 0) is 17.0 Å². The first-order chi connectivity index (χ1) is 14.1. The molecule has 0 aliphatic rings. The third-order valence-corrected chi connectivity index (χ3v) is 6.49. The van der Waals surface area contributed by atoms with Crippen LogP contribution in [0.15, 0.2) is 41.0 Å². The van der Waals surface area contributed by atoms with E-state index < -0.39 is 0 Å². The van der Waals surface area contributed by atoms with E-state index in [9.17, 15) is 4.79 Å². The molecule has 0 aliphatic carbocycles. The van der Waals surface area contributed by atoms with Crippen molar-refractivity contribution in [3.8, 4) is 0 Å². The second-order valence-electron chi connectivity index (χ2n) is 6.43. The molecule has 0 atom stereocenters. The van der Waals surface area contributed by atoms with Crippen LogP contribution in [0.1, 0.15) is 28.9 Å². The van der Waals surface area contributed by atoms with Crippen LogP contribution in [0, 0.1) is 13.8 Å². The van der Waals surface area contributed by atoms with E-state index in [1.807, 2.05) is 32.0 Å². The lowest BCUT2D eigenvalue weighted by Gasteiger charge is -2.09. The average molecular weight is 426 g/mol. The first-order valence-electron chi connectivity index (χ1n) is 9.06. The van der Waals surface area contributed by atoms with Crippen molar-refractivity contribution in [2.24, 2.45) is 0 Å². The van der Waals surface area contributed by atoms with Gasteiger partial charge in [0.05, 0.1) is 0 Å². The van der Waals surface area contributed by atoms with Crippen LogP contribution in [-0.4, -0.2) is 35.7 Å². The van der Waals surface area contributed by atoms with Gasteiger partial charge < -0.3 is 5.32 Å². The van der Waals surface area contributed by atoms with Crippen molar-refractivity contribution < 1.29 is 4.79 Å². The molecule has 8 nitrogen and oxygen atoms in total. The molecule has 4 aromatic rings. The van der Waals surface area contributed by atoms with Gasteiger partial charge in [-0.3, -0.25) is 4.79 Å². The highest BCUT2D eigenvalue weighted by Gasteiger charge is 2.14. The summed E-state index contributed by atoms with van der Waals surface area (Å²) in [5.41, 5.74) is 4.05. The Balaban J connectivity index is 1.33. The molecule has 29 heavy (non-hydrogen) atoms. The fourth-order valence-electron chi connectivity index (χ4n) is 2.98. The maximum atomic E-state index is 12.4. The first kappa shape index (κ1) is 19.5. The normalized spacial score (nSPS) is 11.1. The highest BCUT2D eigenvalue weighted by Crippen LogP contribution is 2.28. The number of aromatic nitrogens is 6. The maximum Gasteiger partial charge on any atom is 0.252 e. The molecule has 0 bridgehead atoms. The minimum atomic E-state index is -0.0988. The van der Waals surface area contributed by atoms with Crippen molar-refractivity contribution in [2.75, 3.05) is 5.32 Å². The van der Waals surface area contributed by atoms with Crippen molar-refractivity contribution in [1.82, 2.24) is 29.8 Å². The Bertz CT molecular complexity index is 1140. The van der Waals surface area contributed by atoms with E-state index in [0.29, 0.717) is 23.8 Å². The fourth-order valence-corrected chi connectivity index (χ4v) is 4.70. The fraction of sp³-hybridized carbons (Fsp3) is 0.263. The quantitative estimate of drug-likeness (QED) is 0.358. The smallest absolute Gasteiger partial charge is 0.252 e. The maximum absolute atomic E-state index is 12.4. The second-order valence-corrected chi connectivity index (χ2v) is 8.63. The van der Waals surface area contributed by atoms with Gasteiger partial charge in [0.2, 0.25) is 11.0 Å². The summed E-state index contributed by atoms with van der Waals surface area (Å²) in [5, 5.41) is 15.8. The molecule has 0 unspecified atom stereocenters. The van der Waals surface area contributed by atoms with Gasteiger partial charge in [-0.15, -0.1) is 10.2 Å². The molecule has 0 saturated carbocycles. The van der Waals surface area contributed by atoms with Crippen LogP contribution in [0.4, 0.5) is 5.13 Å². The molecule has 1 N–H and O–H groups in total. The van der Waals surface area contributed by atoms with E-state index >= 15 is 0 Å². The molecule has 10 heteroatoms. The largest absolute Gasteiger partial charge is 0.300 e. The number of rotatable bonds is 7. The van der Waals surface area contributed by atoms with E-state index in [2.05, 4.69) is 42.7 Å². The number of nitrogens with one attached hydrogen (secondary N) is 1. The predicted octanol–water partition coefficient (Wildman–Crippen LogP) is 3.46. The number of benzene rings is 1. The molecule has 1 amide bonds. The third-order valence-electron chi connectivity index (χ3n) is 4.45. The molecule has 148 valence electrons. The summed E-state index contributed by atoms with van der Waals surface area (Å²) in [4.78, 5) is 20.9. The standard InChI is InChI=1S/C19H19N7OS2/c1-12-15(13(2)26-17(22-12)20-11-21-26)8-9-16(27)23-18-24-25-19(29-18)28-10-14-6-4-3-5-7-14/h3-7,11H,8-10H2,1-2H3,(H,23,24,27). The SMILES string of the molecule is Cc1nc2ncnn2c(C)c1CCC(=O)Nc1nnc(SCc2ccccc2)s1. The van der Waals surface area contributed by atoms with Gasteiger partial charge in [0.1, 0.15) is 6.33 Å². The van der Waals surface area contributed by atoms with Crippen molar-refractivity contribution in [1.29, 1.82) is 0 Å². The lowest BCUT2D eigenvalue weighted by Crippen LogP contribution is -2.14. The molecule has 0 spiro atoms. The van der Waals surface area contributed by atoms with E-state index in [4.69, 9.17) is 0 Å². The second kappa shape index (κ2) is 8.66. The zero-order valence-electron chi connectivity index (χ0n) is 16.0. The summed E-state index contributed by atoms with van der Waals surface area (Å²) < 4.78 is 2.53. The van der Waals surface area contributed by atoms with Gasteiger partial charge in [-0.25, -0.2) is 9.50 Å². The van der Waals surface area contributed by atoms with Gasteiger partial charge in [-0.05, 0) is 31.4 Å². The lowest BCUT2D eigenvalue weighted by atomic mass is 10.1. The Kier molecular flexibility index (Phi) is 5.81. The number of anilines is 1. The predicted molar refractivity (Wildman–Crippen MR) is 113 cm³/mol. The van der Waals surface area contributed by atoms with Gasteiger partial charge >= 0.3 is 0 Å². The van der Waals surface area contributed by atoms with Crippen LogP contribution in [0.25, 0.3) is 5.78 Å². The Morgan fingerprint density at radius 1 is 1.21 bits per heavy atom. The summed E-state index contributed by atoms with van der Waals surface area (Å²) in [6, 6.07) is 10.2. The molecular weight excluding hydrogens is 406 g/mol. The number of hydrogen-bond acceptors (Lipinski definition) is 8. The third kappa shape index (κ3) is 4.60. The summed E-state index contributed by atoms with van der Waals surface area (Å²) in [5.74, 6) is 1.29. The molecule has 0 saturated heterocycles. The molecule has 0 radical (unpaired) electrons. The summed E-state index contributed by atoms with van der Waals surface area (Å²) >= 11 is 2.99. The zero-order valence-corrected chi connectivity index (χ0v) is 17.6.